The minimum absolute atomic E-state index is 0.0102. The molecule has 1 aromatic carbocycles. The lowest BCUT2D eigenvalue weighted by Gasteiger charge is -2.29. The van der Waals surface area contributed by atoms with Crippen LogP contribution < -0.4 is 0 Å². The van der Waals surface area contributed by atoms with Gasteiger partial charge in [0.05, 0.1) is 15.5 Å². The van der Waals surface area contributed by atoms with Crippen molar-refractivity contribution in [1.29, 1.82) is 0 Å². The Kier molecular flexibility index (Phi) is 5.25. The predicted octanol–water partition coefficient (Wildman–Crippen LogP) is 2.93. The van der Waals surface area contributed by atoms with E-state index < -0.39 is 16.0 Å². The van der Waals surface area contributed by atoms with Gasteiger partial charge in [0.1, 0.15) is 0 Å². The van der Waals surface area contributed by atoms with Gasteiger partial charge in [0.25, 0.3) is 0 Å². The zero-order valence-corrected chi connectivity index (χ0v) is 15.0. The summed E-state index contributed by atoms with van der Waals surface area (Å²) in [5.41, 5.74) is -0.232. The molecule has 116 valence electrons. The molecule has 2 rings (SSSR count). The molecule has 9 heteroatoms. The van der Waals surface area contributed by atoms with Gasteiger partial charge in [-0.3, -0.25) is 0 Å². The molecular formula is C12H13BrClNO4S2. The van der Waals surface area contributed by atoms with Crippen molar-refractivity contribution in [3.05, 3.63) is 27.2 Å². The van der Waals surface area contributed by atoms with Crippen LogP contribution in [0.4, 0.5) is 0 Å². The van der Waals surface area contributed by atoms with E-state index in [2.05, 4.69) is 15.9 Å². The summed E-state index contributed by atoms with van der Waals surface area (Å²) in [6.45, 7) is 2.79. The number of hydrogen-bond acceptors (Lipinski definition) is 4. The van der Waals surface area contributed by atoms with Gasteiger partial charge in [-0.15, -0.1) is 0 Å². The summed E-state index contributed by atoms with van der Waals surface area (Å²) in [6, 6.07) is 2.45. The summed E-state index contributed by atoms with van der Waals surface area (Å²) >= 11 is 10.7. The molecule has 0 radical (unpaired) electrons. The summed E-state index contributed by atoms with van der Waals surface area (Å²) in [6.07, 6.45) is 0. The lowest BCUT2D eigenvalue weighted by Crippen LogP contribution is -2.41. The fourth-order valence-electron chi connectivity index (χ4n) is 2.02. The lowest BCUT2D eigenvalue weighted by atomic mass is 10.2. The Morgan fingerprint density at radius 1 is 1.52 bits per heavy atom. The molecule has 1 atom stereocenters. The Hall–Kier alpha value is -0.280. The normalized spacial score (nSPS) is 20.4. The standard InChI is InChI=1S/C12H13BrClNO4S2/c1-7-6-15(2-3-20-7)21(18,19)8-4-9(12(16)17)11(14)10(13)5-8/h4-5,7H,2-3,6H2,1H3,(H,16,17). The highest BCUT2D eigenvalue weighted by atomic mass is 79.9. The molecule has 0 spiro atoms. The summed E-state index contributed by atoms with van der Waals surface area (Å²) in [7, 11) is -3.72. The molecule has 1 aliphatic rings. The number of carboxylic acids is 1. The minimum atomic E-state index is -3.72. The van der Waals surface area contributed by atoms with Gasteiger partial charge in [0.2, 0.25) is 10.0 Å². The molecule has 0 saturated carbocycles. The number of hydrogen-bond donors (Lipinski definition) is 1. The van der Waals surface area contributed by atoms with Crippen molar-refractivity contribution in [1.82, 2.24) is 4.31 Å². The van der Waals surface area contributed by atoms with Gasteiger partial charge in [-0.2, -0.15) is 16.1 Å². The molecule has 21 heavy (non-hydrogen) atoms. The van der Waals surface area contributed by atoms with Crippen LogP contribution in [0, 0.1) is 0 Å². The first-order valence-corrected chi connectivity index (χ1v) is 9.73. The Balaban J connectivity index is 2.47. The maximum absolute atomic E-state index is 12.6. The third-order valence-corrected chi connectivity index (χ3v) is 7.31. The average molecular weight is 415 g/mol. The van der Waals surface area contributed by atoms with E-state index in [1.54, 1.807) is 11.8 Å². The second-order valence-electron chi connectivity index (χ2n) is 4.62. The van der Waals surface area contributed by atoms with E-state index in [4.69, 9.17) is 16.7 Å². The van der Waals surface area contributed by atoms with E-state index in [1.807, 2.05) is 6.92 Å². The van der Waals surface area contributed by atoms with Gasteiger partial charge < -0.3 is 5.11 Å². The Morgan fingerprint density at radius 2 is 2.19 bits per heavy atom. The number of nitrogens with zero attached hydrogens (tertiary/aromatic N) is 1. The summed E-state index contributed by atoms with van der Waals surface area (Å²) < 4.78 is 26.9. The average Bonchev–Trinajstić information content (AvgIpc) is 2.41. The van der Waals surface area contributed by atoms with Crippen LogP contribution in [0.15, 0.2) is 21.5 Å². The quantitative estimate of drug-likeness (QED) is 0.823. The third-order valence-electron chi connectivity index (χ3n) is 3.07. The number of benzene rings is 1. The largest absolute Gasteiger partial charge is 0.478 e. The molecule has 1 unspecified atom stereocenters. The van der Waals surface area contributed by atoms with Crippen molar-refractivity contribution in [3.8, 4) is 0 Å². The fraction of sp³-hybridized carbons (Fsp3) is 0.417. The predicted molar refractivity (Wildman–Crippen MR) is 86.8 cm³/mol. The Labute approximate surface area is 140 Å². The lowest BCUT2D eigenvalue weighted by molar-refractivity contribution is 0.0696. The zero-order chi connectivity index (χ0) is 15.8. The third kappa shape index (κ3) is 3.56. The first-order chi connectivity index (χ1) is 9.73. The Bertz CT molecular complexity index is 680. The van der Waals surface area contributed by atoms with Gasteiger partial charge in [-0.1, -0.05) is 18.5 Å². The number of carbonyl (C=O) groups is 1. The monoisotopic (exact) mass is 413 g/mol. The molecule has 0 bridgehead atoms. The van der Waals surface area contributed by atoms with Gasteiger partial charge in [-0.05, 0) is 28.1 Å². The van der Waals surface area contributed by atoms with Gasteiger partial charge in [0, 0.05) is 28.6 Å². The summed E-state index contributed by atoms with van der Waals surface area (Å²) in [5, 5.41) is 9.32. The zero-order valence-electron chi connectivity index (χ0n) is 11.0. The van der Waals surface area contributed by atoms with Crippen molar-refractivity contribution >= 4 is 55.3 Å². The minimum Gasteiger partial charge on any atom is -0.478 e. The van der Waals surface area contributed by atoms with E-state index in [1.165, 1.54) is 10.4 Å². The van der Waals surface area contributed by atoms with Crippen LogP contribution in [0.5, 0.6) is 0 Å². The smallest absolute Gasteiger partial charge is 0.337 e. The first-order valence-electron chi connectivity index (χ1n) is 6.07. The van der Waals surface area contributed by atoms with Gasteiger partial charge in [0.15, 0.2) is 0 Å². The maximum Gasteiger partial charge on any atom is 0.337 e. The number of halogens is 2. The van der Waals surface area contributed by atoms with E-state index in [-0.39, 0.29) is 25.2 Å². The maximum atomic E-state index is 12.6. The Morgan fingerprint density at radius 3 is 2.76 bits per heavy atom. The fourth-order valence-corrected chi connectivity index (χ4v) is 5.63. The highest BCUT2D eigenvalue weighted by molar-refractivity contribution is 9.10. The molecule has 0 aromatic heterocycles. The molecule has 1 heterocycles. The van der Waals surface area contributed by atoms with Crippen molar-refractivity contribution in [2.75, 3.05) is 18.8 Å². The van der Waals surface area contributed by atoms with Crippen LogP contribution >= 0.6 is 39.3 Å². The molecule has 0 aliphatic carbocycles. The van der Waals surface area contributed by atoms with E-state index in [9.17, 15) is 13.2 Å². The molecule has 0 amide bonds. The topological polar surface area (TPSA) is 74.7 Å². The first kappa shape index (κ1) is 17.1. The molecule has 1 N–H and O–H groups in total. The molecule has 1 aromatic rings. The molecule has 1 aliphatic heterocycles. The van der Waals surface area contributed by atoms with Crippen molar-refractivity contribution in [2.24, 2.45) is 0 Å². The van der Waals surface area contributed by atoms with Crippen LogP contribution in [0.1, 0.15) is 17.3 Å². The van der Waals surface area contributed by atoms with Crippen molar-refractivity contribution in [2.45, 2.75) is 17.1 Å². The number of aromatic carboxylic acids is 1. The van der Waals surface area contributed by atoms with Crippen molar-refractivity contribution in [3.63, 3.8) is 0 Å². The van der Waals surface area contributed by atoms with E-state index >= 15 is 0 Å². The van der Waals surface area contributed by atoms with Gasteiger partial charge >= 0.3 is 5.97 Å². The van der Waals surface area contributed by atoms with Crippen LogP contribution in [0.2, 0.25) is 5.02 Å². The number of sulfonamides is 1. The van der Waals surface area contributed by atoms with Crippen LogP contribution in [-0.4, -0.2) is 47.9 Å². The second kappa shape index (κ2) is 6.45. The number of thioether (sulfide) groups is 1. The molecule has 1 saturated heterocycles. The van der Waals surface area contributed by atoms with E-state index in [0.29, 0.717) is 13.1 Å². The molecular weight excluding hydrogens is 402 g/mol. The van der Waals surface area contributed by atoms with Crippen LogP contribution in [0.3, 0.4) is 0 Å². The highest BCUT2D eigenvalue weighted by Gasteiger charge is 2.30. The second-order valence-corrected chi connectivity index (χ2v) is 9.33. The van der Waals surface area contributed by atoms with Crippen LogP contribution in [-0.2, 0) is 10.0 Å². The molecule has 1 fully saturated rings. The summed E-state index contributed by atoms with van der Waals surface area (Å²) in [5.74, 6) is -0.540. The number of rotatable bonds is 3. The van der Waals surface area contributed by atoms with Gasteiger partial charge in [-0.25, -0.2) is 13.2 Å². The SMILES string of the molecule is CC1CN(S(=O)(=O)c2cc(Br)c(Cl)c(C(=O)O)c2)CCS1. The van der Waals surface area contributed by atoms with E-state index in [0.717, 1.165) is 11.8 Å². The molecule has 5 nitrogen and oxygen atoms in total. The van der Waals surface area contributed by atoms with Crippen molar-refractivity contribution < 1.29 is 18.3 Å². The summed E-state index contributed by atoms with van der Waals surface area (Å²) in [4.78, 5) is 11.1. The number of carboxylic acid groups (broad SMARTS) is 1. The van der Waals surface area contributed by atoms with Crippen LogP contribution in [0.25, 0.3) is 0 Å². The highest BCUT2D eigenvalue weighted by Crippen LogP contribution is 2.32.